The van der Waals surface area contributed by atoms with Crippen LogP contribution in [0, 0.1) is 5.92 Å². The summed E-state index contributed by atoms with van der Waals surface area (Å²) in [5, 5.41) is 2.98. The molecule has 3 N–H and O–H groups in total. The van der Waals surface area contributed by atoms with Gasteiger partial charge in [-0.15, -0.1) is 0 Å². The summed E-state index contributed by atoms with van der Waals surface area (Å²) in [6.07, 6.45) is 1.47. The van der Waals surface area contributed by atoms with Gasteiger partial charge in [-0.05, 0) is 31.4 Å². The molecule has 1 aliphatic rings. The van der Waals surface area contributed by atoms with E-state index in [1.54, 1.807) is 7.11 Å². The highest BCUT2D eigenvalue weighted by molar-refractivity contribution is 5.76. The maximum absolute atomic E-state index is 11.6. The molecule has 1 aliphatic heterocycles. The Kier molecular flexibility index (Phi) is 5.44. The van der Waals surface area contributed by atoms with Crippen molar-refractivity contribution < 1.29 is 9.53 Å². The summed E-state index contributed by atoms with van der Waals surface area (Å²) in [7, 11) is 1.70. The van der Waals surface area contributed by atoms with Gasteiger partial charge in [0.1, 0.15) is 5.75 Å². The summed E-state index contributed by atoms with van der Waals surface area (Å²) in [6.45, 7) is 4.50. The summed E-state index contributed by atoms with van der Waals surface area (Å²) in [5.41, 5.74) is 6.75. The summed E-state index contributed by atoms with van der Waals surface area (Å²) >= 11 is 0. The fourth-order valence-electron chi connectivity index (χ4n) is 2.73. The molecule has 116 valence electrons. The van der Waals surface area contributed by atoms with Crippen LogP contribution in [-0.4, -0.2) is 38.7 Å². The molecule has 1 heterocycles. The number of carbonyl (C=O) groups excluding carboxylic acids is 1. The Balaban J connectivity index is 1.85. The zero-order valence-corrected chi connectivity index (χ0v) is 12.8. The second-order valence-electron chi connectivity index (χ2n) is 5.76. The van der Waals surface area contributed by atoms with E-state index in [0.717, 1.165) is 37.5 Å². The third-order valence-corrected chi connectivity index (χ3v) is 3.81. The lowest BCUT2D eigenvalue weighted by molar-refractivity contribution is -0.121. The van der Waals surface area contributed by atoms with Crippen molar-refractivity contribution in [2.45, 2.75) is 25.8 Å². The van der Waals surface area contributed by atoms with E-state index in [1.807, 2.05) is 25.1 Å². The molecule has 0 bridgehead atoms. The molecule has 0 aliphatic carbocycles. The lowest BCUT2D eigenvalue weighted by atomic mass is 10.1. The highest BCUT2D eigenvalue weighted by atomic mass is 16.5. The molecular formula is C16H25N3O2. The normalized spacial score (nSPS) is 19.4. The van der Waals surface area contributed by atoms with Gasteiger partial charge in [-0.1, -0.05) is 12.1 Å². The number of para-hydroxylation sites is 2. The number of anilines is 1. The van der Waals surface area contributed by atoms with Gasteiger partial charge in [-0.25, -0.2) is 0 Å². The van der Waals surface area contributed by atoms with E-state index in [1.165, 1.54) is 0 Å². The molecule has 5 heteroatoms. The van der Waals surface area contributed by atoms with Crippen molar-refractivity contribution in [2.75, 3.05) is 31.6 Å². The number of amides is 1. The molecule has 5 nitrogen and oxygen atoms in total. The lowest BCUT2D eigenvalue weighted by Gasteiger charge is -2.21. The number of methoxy groups -OCH3 is 1. The van der Waals surface area contributed by atoms with Gasteiger partial charge >= 0.3 is 0 Å². The Labute approximate surface area is 126 Å². The van der Waals surface area contributed by atoms with Crippen LogP contribution < -0.4 is 20.7 Å². The first-order valence-electron chi connectivity index (χ1n) is 7.50. The van der Waals surface area contributed by atoms with Crippen LogP contribution in [0.5, 0.6) is 5.75 Å². The van der Waals surface area contributed by atoms with Gasteiger partial charge in [0, 0.05) is 32.1 Å². The molecule has 0 saturated carbocycles. The van der Waals surface area contributed by atoms with Crippen molar-refractivity contribution in [2.24, 2.45) is 11.7 Å². The number of benzene rings is 1. The molecular weight excluding hydrogens is 266 g/mol. The van der Waals surface area contributed by atoms with Crippen LogP contribution in [0.1, 0.15) is 19.8 Å². The fourth-order valence-corrected chi connectivity index (χ4v) is 2.73. The number of rotatable bonds is 6. The fraction of sp³-hybridized carbons (Fsp3) is 0.562. The minimum absolute atomic E-state index is 0.0424. The highest BCUT2D eigenvalue weighted by Crippen LogP contribution is 2.31. The van der Waals surface area contributed by atoms with Crippen LogP contribution in [0.2, 0.25) is 0 Å². The third-order valence-electron chi connectivity index (χ3n) is 3.81. The molecule has 2 unspecified atom stereocenters. The van der Waals surface area contributed by atoms with Gasteiger partial charge in [-0.2, -0.15) is 0 Å². The Bertz CT molecular complexity index is 476. The standard InChI is InChI=1S/C16H25N3O2/c1-12(17)9-16(20)18-10-13-7-8-19(11-13)14-5-3-4-6-15(14)21-2/h3-6,12-13H,7-11,17H2,1-2H3,(H,18,20). The number of nitrogens with two attached hydrogens (primary N) is 1. The van der Waals surface area contributed by atoms with Crippen molar-refractivity contribution in [1.82, 2.24) is 5.32 Å². The molecule has 2 rings (SSSR count). The number of nitrogens with one attached hydrogen (secondary N) is 1. The van der Waals surface area contributed by atoms with Crippen LogP contribution >= 0.6 is 0 Å². The summed E-state index contributed by atoms with van der Waals surface area (Å²) in [6, 6.07) is 7.97. The van der Waals surface area contributed by atoms with Crippen LogP contribution in [0.4, 0.5) is 5.69 Å². The topological polar surface area (TPSA) is 67.6 Å². The molecule has 21 heavy (non-hydrogen) atoms. The van der Waals surface area contributed by atoms with Crippen molar-refractivity contribution in [3.63, 3.8) is 0 Å². The first kappa shape index (κ1) is 15.6. The van der Waals surface area contributed by atoms with Gasteiger partial charge in [0.2, 0.25) is 5.91 Å². The summed E-state index contributed by atoms with van der Waals surface area (Å²) < 4.78 is 5.41. The first-order valence-corrected chi connectivity index (χ1v) is 7.50. The average molecular weight is 291 g/mol. The molecule has 1 saturated heterocycles. The van der Waals surface area contributed by atoms with E-state index in [9.17, 15) is 4.79 Å². The van der Waals surface area contributed by atoms with Crippen LogP contribution in [0.3, 0.4) is 0 Å². The van der Waals surface area contributed by atoms with E-state index in [-0.39, 0.29) is 11.9 Å². The number of carbonyl (C=O) groups is 1. The van der Waals surface area contributed by atoms with Gasteiger partial charge in [0.05, 0.1) is 12.8 Å². The van der Waals surface area contributed by atoms with Crippen LogP contribution in [-0.2, 0) is 4.79 Å². The van der Waals surface area contributed by atoms with Crippen molar-refractivity contribution in [3.05, 3.63) is 24.3 Å². The molecule has 1 amide bonds. The maximum atomic E-state index is 11.6. The van der Waals surface area contributed by atoms with Crippen molar-refractivity contribution >= 4 is 11.6 Å². The Morgan fingerprint density at radius 3 is 3.00 bits per heavy atom. The molecule has 1 fully saturated rings. The molecule has 0 spiro atoms. The largest absolute Gasteiger partial charge is 0.495 e. The van der Waals surface area contributed by atoms with E-state index in [4.69, 9.17) is 10.5 Å². The smallest absolute Gasteiger partial charge is 0.221 e. The average Bonchev–Trinajstić information content (AvgIpc) is 2.93. The summed E-state index contributed by atoms with van der Waals surface area (Å²) in [5.74, 6) is 1.42. The summed E-state index contributed by atoms with van der Waals surface area (Å²) in [4.78, 5) is 14.0. The monoisotopic (exact) mass is 291 g/mol. The quantitative estimate of drug-likeness (QED) is 0.831. The predicted molar refractivity (Wildman–Crippen MR) is 84.6 cm³/mol. The van der Waals surface area contributed by atoms with Gasteiger partial charge in [0.15, 0.2) is 0 Å². The second kappa shape index (κ2) is 7.31. The number of nitrogens with zero attached hydrogens (tertiary/aromatic N) is 1. The zero-order valence-electron chi connectivity index (χ0n) is 12.8. The maximum Gasteiger partial charge on any atom is 0.221 e. The van der Waals surface area contributed by atoms with Crippen LogP contribution in [0.25, 0.3) is 0 Å². The molecule has 1 aromatic carbocycles. The van der Waals surface area contributed by atoms with Crippen molar-refractivity contribution in [3.8, 4) is 5.75 Å². The molecule has 2 atom stereocenters. The highest BCUT2D eigenvalue weighted by Gasteiger charge is 2.24. The lowest BCUT2D eigenvalue weighted by Crippen LogP contribution is -2.34. The van der Waals surface area contributed by atoms with Crippen molar-refractivity contribution in [1.29, 1.82) is 0 Å². The SMILES string of the molecule is COc1ccccc1N1CCC(CNC(=O)CC(C)N)C1. The van der Waals surface area contributed by atoms with Crippen LogP contribution in [0.15, 0.2) is 24.3 Å². The van der Waals surface area contributed by atoms with Gasteiger partial charge in [0.25, 0.3) is 0 Å². The van der Waals surface area contributed by atoms with Gasteiger partial charge < -0.3 is 20.7 Å². The van der Waals surface area contributed by atoms with E-state index >= 15 is 0 Å². The van der Waals surface area contributed by atoms with E-state index in [2.05, 4.69) is 16.3 Å². The molecule has 0 radical (unpaired) electrons. The van der Waals surface area contributed by atoms with E-state index < -0.39 is 0 Å². The minimum atomic E-state index is -0.0846. The minimum Gasteiger partial charge on any atom is -0.495 e. The zero-order chi connectivity index (χ0) is 15.2. The Morgan fingerprint density at radius 2 is 2.29 bits per heavy atom. The Morgan fingerprint density at radius 1 is 1.52 bits per heavy atom. The first-order chi connectivity index (χ1) is 10.1. The number of hydrogen-bond donors (Lipinski definition) is 2. The second-order valence-corrected chi connectivity index (χ2v) is 5.76. The van der Waals surface area contributed by atoms with Gasteiger partial charge in [-0.3, -0.25) is 4.79 Å². The molecule has 0 aromatic heterocycles. The Hall–Kier alpha value is -1.75. The molecule has 1 aromatic rings. The predicted octanol–water partition coefficient (Wildman–Crippen LogP) is 1.38. The van der Waals surface area contributed by atoms with E-state index in [0.29, 0.717) is 12.3 Å². The third kappa shape index (κ3) is 4.36. The number of hydrogen-bond acceptors (Lipinski definition) is 4. The number of ether oxygens (including phenoxy) is 1.